The summed E-state index contributed by atoms with van der Waals surface area (Å²) in [5.41, 5.74) is -1.39. The van der Waals surface area contributed by atoms with Gasteiger partial charge in [0, 0.05) is 12.8 Å². The Morgan fingerprint density at radius 3 is 1.65 bits per heavy atom. The largest absolute Gasteiger partial charge is 0.497 e. The number of amides is 2. The number of benzene rings is 1. The van der Waals surface area contributed by atoms with Crippen LogP contribution < -0.4 is 15.4 Å². The third-order valence-corrected chi connectivity index (χ3v) is 5.53. The number of rotatable bonds is 14. The van der Waals surface area contributed by atoms with Crippen LogP contribution in [0.4, 0.5) is 0 Å². The lowest BCUT2D eigenvalue weighted by atomic mass is 10.1. The summed E-state index contributed by atoms with van der Waals surface area (Å²) >= 11 is 0. The maximum absolute atomic E-state index is 13.1. The Morgan fingerprint density at radius 2 is 1.16 bits per heavy atom. The number of nitrogens with one attached hydrogen (secondary N) is 2. The van der Waals surface area contributed by atoms with Crippen molar-refractivity contribution in [1.29, 1.82) is 0 Å². The second kappa shape index (κ2) is 16.3. The highest BCUT2D eigenvalue weighted by atomic mass is 16.6. The van der Waals surface area contributed by atoms with Gasteiger partial charge in [-0.25, -0.2) is 9.59 Å². The quantitative estimate of drug-likeness (QED) is 0.235. The van der Waals surface area contributed by atoms with Gasteiger partial charge >= 0.3 is 17.9 Å². The van der Waals surface area contributed by atoms with E-state index in [9.17, 15) is 24.0 Å². The van der Waals surface area contributed by atoms with Gasteiger partial charge in [0.15, 0.2) is 0 Å². The first-order chi connectivity index (χ1) is 19.7. The van der Waals surface area contributed by atoms with Crippen molar-refractivity contribution in [2.24, 2.45) is 0 Å². The Balaban J connectivity index is 2.94. The van der Waals surface area contributed by atoms with E-state index < -0.39 is 65.0 Å². The van der Waals surface area contributed by atoms with Crippen LogP contribution in [0.25, 0.3) is 0 Å². The molecular formula is C32H50N2O9. The van der Waals surface area contributed by atoms with Crippen molar-refractivity contribution in [2.75, 3.05) is 7.11 Å². The van der Waals surface area contributed by atoms with Crippen LogP contribution in [0.1, 0.15) is 100.0 Å². The first-order valence-corrected chi connectivity index (χ1v) is 14.6. The first-order valence-electron chi connectivity index (χ1n) is 14.6. The molecule has 0 radical (unpaired) electrons. The first kappa shape index (κ1) is 37.4. The van der Waals surface area contributed by atoms with Gasteiger partial charge in [0.2, 0.25) is 11.8 Å². The number of aryl methyl sites for hydroxylation is 1. The second-order valence-electron chi connectivity index (χ2n) is 13.3. The average Bonchev–Trinajstić information content (AvgIpc) is 2.83. The molecule has 11 heteroatoms. The molecular weight excluding hydrogens is 556 g/mol. The smallest absolute Gasteiger partial charge is 0.329 e. The van der Waals surface area contributed by atoms with Crippen LogP contribution in [-0.2, 0) is 44.6 Å². The third kappa shape index (κ3) is 17.2. The van der Waals surface area contributed by atoms with Crippen molar-refractivity contribution in [2.45, 2.75) is 130 Å². The molecule has 242 valence electrons. The second-order valence-corrected chi connectivity index (χ2v) is 13.3. The van der Waals surface area contributed by atoms with E-state index in [-0.39, 0.29) is 19.3 Å². The zero-order valence-electron chi connectivity index (χ0n) is 27.4. The van der Waals surface area contributed by atoms with Crippen LogP contribution in [0, 0.1) is 0 Å². The van der Waals surface area contributed by atoms with Gasteiger partial charge in [0.25, 0.3) is 0 Å². The summed E-state index contributed by atoms with van der Waals surface area (Å²) in [6.45, 7) is 15.2. The molecule has 2 atom stereocenters. The summed E-state index contributed by atoms with van der Waals surface area (Å²) in [6, 6.07) is 5.02. The molecule has 1 rings (SSSR count). The Bertz CT molecular complexity index is 1090. The lowest BCUT2D eigenvalue weighted by molar-refractivity contribution is -0.160. The molecule has 0 aromatic heterocycles. The van der Waals surface area contributed by atoms with Crippen molar-refractivity contribution in [3.05, 3.63) is 29.8 Å². The Labute approximate surface area is 255 Å². The molecule has 0 heterocycles. The zero-order valence-corrected chi connectivity index (χ0v) is 27.4. The van der Waals surface area contributed by atoms with Gasteiger partial charge in [-0.2, -0.15) is 0 Å². The van der Waals surface area contributed by atoms with Gasteiger partial charge in [0.05, 0.1) is 13.5 Å². The molecule has 0 aliphatic rings. The Kier molecular flexibility index (Phi) is 14.2. The van der Waals surface area contributed by atoms with E-state index in [4.69, 9.17) is 18.9 Å². The number of esters is 3. The summed E-state index contributed by atoms with van der Waals surface area (Å²) in [5.74, 6) is -2.45. The van der Waals surface area contributed by atoms with Crippen molar-refractivity contribution in [1.82, 2.24) is 10.6 Å². The third-order valence-electron chi connectivity index (χ3n) is 5.53. The Hall–Kier alpha value is -3.63. The topological polar surface area (TPSA) is 146 Å². The molecule has 0 saturated carbocycles. The van der Waals surface area contributed by atoms with Crippen LogP contribution in [0.15, 0.2) is 24.3 Å². The molecule has 0 saturated heterocycles. The van der Waals surface area contributed by atoms with Crippen LogP contribution in [-0.4, -0.2) is 65.7 Å². The van der Waals surface area contributed by atoms with Crippen LogP contribution >= 0.6 is 0 Å². The van der Waals surface area contributed by atoms with Crippen molar-refractivity contribution in [3.63, 3.8) is 0 Å². The van der Waals surface area contributed by atoms with E-state index in [0.29, 0.717) is 12.8 Å². The number of carbonyl (C=O) groups excluding carboxylic acids is 5. The van der Waals surface area contributed by atoms with E-state index in [1.165, 1.54) is 0 Å². The van der Waals surface area contributed by atoms with E-state index in [0.717, 1.165) is 11.3 Å². The van der Waals surface area contributed by atoms with Gasteiger partial charge in [-0.3, -0.25) is 14.4 Å². The van der Waals surface area contributed by atoms with E-state index in [1.807, 2.05) is 24.3 Å². The standard InChI is InChI=1S/C32H50N2O9/c1-30(2,3)41-27(37)19-18-23(28(38)42-31(4,5)6)33-26(36)20-24(29(39)43-32(7,8)9)34-25(35)13-11-12-21-14-16-22(40-10)17-15-21/h14-17,23-24H,11-13,18-20H2,1-10H3,(H,33,36)(H,34,35). The monoisotopic (exact) mass is 606 g/mol. The zero-order chi connectivity index (χ0) is 33.0. The van der Waals surface area contributed by atoms with Crippen molar-refractivity contribution >= 4 is 29.7 Å². The predicted octanol–water partition coefficient (Wildman–Crippen LogP) is 4.18. The summed E-state index contributed by atoms with van der Waals surface area (Å²) < 4.78 is 21.3. The molecule has 2 amide bonds. The molecule has 2 N–H and O–H groups in total. The summed E-state index contributed by atoms with van der Waals surface area (Å²) in [4.78, 5) is 64.0. The van der Waals surface area contributed by atoms with Crippen LogP contribution in [0.3, 0.4) is 0 Å². The van der Waals surface area contributed by atoms with Crippen LogP contribution in [0.5, 0.6) is 5.75 Å². The number of hydrogen-bond acceptors (Lipinski definition) is 9. The molecule has 0 aliphatic heterocycles. The maximum Gasteiger partial charge on any atom is 0.329 e. The predicted molar refractivity (Wildman–Crippen MR) is 161 cm³/mol. The van der Waals surface area contributed by atoms with Crippen molar-refractivity contribution in [3.8, 4) is 5.75 Å². The minimum atomic E-state index is -1.29. The van der Waals surface area contributed by atoms with Crippen molar-refractivity contribution < 1.29 is 42.9 Å². The van der Waals surface area contributed by atoms with Gasteiger partial charge < -0.3 is 29.6 Å². The van der Waals surface area contributed by atoms with E-state index in [2.05, 4.69) is 10.6 Å². The molecule has 0 spiro atoms. The maximum atomic E-state index is 13.1. The fourth-order valence-corrected chi connectivity index (χ4v) is 3.79. The normalized spacial score (nSPS) is 13.3. The highest BCUT2D eigenvalue weighted by molar-refractivity contribution is 5.91. The fraction of sp³-hybridized carbons (Fsp3) is 0.656. The Morgan fingerprint density at radius 1 is 0.674 bits per heavy atom. The highest BCUT2D eigenvalue weighted by Crippen LogP contribution is 2.16. The van der Waals surface area contributed by atoms with E-state index in [1.54, 1.807) is 69.4 Å². The lowest BCUT2D eigenvalue weighted by Gasteiger charge is -2.26. The number of carbonyl (C=O) groups is 5. The molecule has 1 aromatic rings. The minimum Gasteiger partial charge on any atom is -0.497 e. The average molecular weight is 607 g/mol. The molecule has 11 nitrogen and oxygen atoms in total. The number of methoxy groups -OCH3 is 1. The van der Waals surface area contributed by atoms with Crippen LogP contribution in [0.2, 0.25) is 0 Å². The molecule has 1 aromatic carbocycles. The molecule has 0 aliphatic carbocycles. The van der Waals surface area contributed by atoms with Gasteiger partial charge in [-0.05, 0) is 99.3 Å². The number of ether oxygens (including phenoxy) is 4. The van der Waals surface area contributed by atoms with Gasteiger partial charge in [0.1, 0.15) is 34.6 Å². The van der Waals surface area contributed by atoms with Gasteiger partial charge in [-0.15, -0.1) is 0 Å². The highest BCUT2D eigenvalue weighted by Gasteiger charge is 2.32. The summed E-state index contributed by atoms with van der Waals surface area (Å²) in [5, 5.41) is 5.17. The molecule has 2 unspecified atom stereocenters. The summed E-state index contributed by atoms with van der Waals surface area (Å²) in [7, 11) is 1.59. The molecule has 43 heavy (non-hydrogen) atoms. The minimum absolute atomic E-state index is 0.0790. The van der Waals surface area contributed by atoms with Gasteiger partial charge in [-0.1, -0.05) is 12.1 Å². The number of hydrogen-bond donors (Lipinski definition) is 2. The van der Waals surface area contributed by atoms with E-state index >= 15 is 0 Å². The summed E-state index contributed by atoms with van der Waals surface area (Å²) in [6.07, 6.45) is 0.543. The molecule has 0 fully saturated rings. The molecule has 0 bridgehead atoms. The SMILES string of the molecule is COc1ccc(CCCC(=O)NC(CC(=O)NC(CCC(=O)OC(C)(C)C)C(=O)OC(C)(C)C)C(=O)OC(C)(C)C)cc1. The lowest BCUT2D eigenvalue weighted by Crippen LogP contribution is -2.50. The fourth-order valence-electron chi connectivity index (χ4n) is 3.79.